The van der Waals surface area contributed by atoms with E-state index in [-0.39, 0.29) is 23.7 Å². The van der Waals surface area contributed by atoms with Gasteiger partial charge in [-0.1, -0.05) is 37.6 Å². The molecule has 0 aliphatic heterocycles. The smallest absolute Gasteiger partial charge is 0.246 e. The number of nitrogens with one attached hydrogen (secondary N) is 3. The maximum atomic E-state index is 12.6. The van der Waals surface area contributed by atoms with E-state index in [4.69, 9.17) is 0 Å². The Morgan fingerprint density at radius 1 is 1.17 bits per heavy atom. The minimum absolute atomic E-state index is 0.0868. The molecule has 1 heterocycles. The van der Waals surface area contributed by atoms with Gasteiger partial charge in [0, 0.05) is 17.5 Å². The van der Waals surface area contributed by atoms with E-state index in [1.165, 1.54) is 5.56 Å². The van der Waals surface area contributed by atoms with Crippen molar-refractivity contribution < 1.29 is 9.59 Å². The zero-order valence-corrected chi connectivity index (χ0v) is 16.7. The fraction of sp³-hybridized carbons (Fsp3) is 0.348. The molecule has 0 saturated heterocycles. The van der Waals surface area contributed by atoms with Gasteiger partial charge in [0.2, 0.25) is 11.8 Å². The summed E-state index contributed by atoms with van der Waals surface area (Å²) < 4.78 is 0. The number of H-pyrrole nitrogens is 1. The second kappa shape index (κ2) is 8.07. The van der Waals surface area contributed by atoms with E-state index in [9.17, 15) is 9.59 Å². The van der Waals surface area contributed by atoms with Crippen molar-refractivity contribution in [2.75, 3.05) is 5.32 Å². The number of nitrogens with zero attached hydrogens (tertiary/aromatic N) is 1. The number of fused-ring (bicyclic) bond motifs is 1. The van der Waals surface area contributed by atoms with Crippen molar-refractivity contribution in [3.05, 3.63) is 59.9 Å². The van der Waals surface area contributed by atoms with E-state index in [1.54, 1.807) is 6.92 Å². The van der Waals surface area contributed by atoms with Crippen LogP contribution in [-0.2, 0) is 16.0 Å². The summed E-state index contributed by atoms with van der Waals surface area (Å²) in [5.74, 6) is 0.470. The van der Waals surface area contributed by atoms with Gasteiger partial charge in [-0.05, 0) is 49.6 Å². The fourth-order valence-electron chi connectivity index (χ4n) is 3.62. The molecule has 2 aromatic carbocycles. The summed E-state index contributed by atoms with van der Waals surface area (Å²) in [5, 5.41) is 5.70. The Hall–Kier alpha value is -3.15. The van der Waals surface area contributed by atoms with Crippen molar-refractivity contribution in [1.29, 1.82) is 0 Å². The molecule has 150 valence electrons. The molecular formula is C23H26N4O2. The van der Waals surface area contributed by atoms with Gasteiger partial charge in [0.15, 0.2) is 0 Å². The quantitative estimate of drug-likeness (QED) is 0.574. The fourth-order valence-corrected chi connectivity index (χ4v) is 3.62. The lowest BCUT2D eigenvalue weighted by Crippen LogP contribution is -2.42. The average molecular weight is 390 g/mol. The Morgan fingerprint density at radius 3 is 2.66 bits per heavy atom. The first kappa shape index (κ1) is 19.2. The zero-order chi connectivity index (χ0) is 20.4. The van der Waals surface area contributed by atoms with Crippen LogP contribution in [0.3, 0.4) is 0 Å². The van der Waals surface area contributed by atoms with E-state index in [0.29, 0.717) is 0 Å². The molecule has 3 N–H and O–H groups in total. The van der Waals surface area contributed by atoms with E-state index in [1.807, 2.05) is 48.5 Å². The van der Waals surface area contributed by atoms with Gasteiger partial charge in [0.1, 0.15) is 11.9 Å². The number of aryl methyl sites for hydroxylation is 1. The second-order valence-electron chi connectivity index (χ2n) is 7.75. The minimum atomic E-state index is -0.602. The highest BCUT2D eigenvalue weighted by Gasteiger charge is 2.46. The zero-order valence-electron chi connectivity index (χ0n) is 16.7. The molecule has 1 fully saturated rings. The number of aromatic nitrogens is 2. The molecule has 0 spiro atoms. The SMILES string of the molecule is CCCc1ccc(NC(=O)[C@H](C)NC(=O)C2CC2c2nc3ccccc3[nH]2)cc1. The van der Waals surface area contributed by atoms with E-state index in [2.05, 4.69) is 27.5 Å². The Bertz CT molecular complexity index is 992. The predicted molar refractivity (Wildman–Crippen MR) is 114 cm³/mol. The van der Waals surface area contributed by atoms with Crippen LogP contribution in [0, 0.1) is 5.92 Å². The van der Waals surface area contributed by atoms with Crippen LogP contribution in [-0.4, -0.2) is 27.8 Å². The second-order valence-corrected chi connectivity index (χ2v) is 7.75. The van der Waals surface area contributed by atoms with Crippen LogP contribution in [0.5, 0.6) is 0 Å². The van der Waals surface area contributed by atoms with E-state index in [0.717, 1.165) is 41.8 Å². The number of amides is 2. The maximum absolute atomic E-state index is 12.6. The van der Waals surface area contributed by atoms with Crippen molar-refractivity contribution in [2.24, 2.45) is 5.92 Å². The van der Waals surface area contributed by atoms with Crippen LogP contribution in [0.25, 0.3) is 11.0 Å². The molecule has 1 aliphatic carbocycles. The van der Waals surface area contributed by atoms with Crippen LogP contribution in [0.2, 0.25) is 0 Å². The van der Waals surface area contributed by atoms with Gasteiger partial charge in [-0.15, -0.1) is 0 Å². The molecule has 29 heavy (non-hydrogen) atoms. The number of hydrogen-bond donors (Lipinski definition) is 3. The van der Waals surface area contributed by atoms with E-state index >= 15 is 0 Å². The normalized spacial score (nSPS) is 19.0. The maximum Gasteiger partial charge on any atom is 0.246 e. The summed E-state index contributed by atoms with van der Waals surface area (Å²) in [6.07, 6.45) is 2.86. The Kier molecular flexibility index (Phi) is 5.34. The number of imidazole rings is 1. The highest BCUT2D eigenvalue weighted by Crippen LogP contribution is 2.46. The molecule has 6 heteroatoms. The summed E-state index contributed by atoms with van der Waals surface area (Å²) >= 11 is 0. The topological polar surface area (TPSA) is 86.9 Å². The van der Waals surface area contributed by atoms with Gasteiger partial charge in [-0.2, -0.15) is 0 Å². The monoisotopic (exact) mass is 390 g/mol. The molecule has 3 atom stereocenters. The first-order valence-electron chi connectivity index (χ1n) is 10.2. The average Bonchev–Trinajstić information content (AvgIpc) is 3.41. The third-order valence-electron chi connectivity index (χ3n) is 5.40. The van der Waals surface area contributed by atoms with Crippen LogP contribution < -0.4 is 10.6 Å². The van der Waals surface area contributed by atoms with Crippen molar-refractivity contribution in [1.82, 2.24) is 15.3 Å². The molecule has 1 aromatic heterocycles. The van der Waals surface area contributed by atoms with Crippen molar-refractivity contribution in [2.45, 2.75) is 45.1 Å². The standard InChI is InChI=1S/C23H26N4O2/c1-3-6-15-9-11-16(12-10-15)25-22(28)14(2)24-23(29)18-13-17(18)21-26-19-7-4-5-8-20(19)27-21/h4-5,7-12,14,17-18H,3,6,13H2,1-2H3,(H,24,29)(H,25,28)(H,26,27)/t14-,17?,18?/m0/s1. The van der Waals surface area contributed by atoms with Gasteiger partial charge in [0.25, 0.3) is 0 Å². The molecule has 1 aliphatic rings. The summed E-state index contributed by atoms with van der Waals surface area (Å²) in [6.45, 7) is 3.84. The highest BCUT2D eigenvalue weighted by atomic mass is 16.2. The number of para-hydroxylation sites is 2. The van der Waals surface area contributed by atoms with E-state index < -0.39 is 6.04 Å². The minimum Gasteiger partial charge on any atom is -0.344 e. The first-order chi connectivity index (χ1) is 14.0. The Morgan fingerprint density at radius 2 is 1.93 bits per heavy atom. The predicted octanol–water partition coefficient (Wildman–Crippen LogP) is 3.76. The molecule has 2 unspecified atom stereocenters. The van der Waals surface area contributed by atoms with Gasteiger partial charge in [0.05, 0.1) is 11.0 Å². The van der Waals surface area contributed by atoms with Crippen molar-refractivity contribution >= 4 is 28.5 Å². The third kappa shape index (κ3) is 4.31. The van der Waals surface area contributed by atoms with Crippen molar-refractivity contribution in [3.63, 3.8) is 0 Å². The lowest BCUT2D eigenvalue weighted by Gasteiger charge is -2.14. The number of carbonyl (C=O) groups excluding carboxylic acids is 2. The summed E-state index contributed by atoms with van der Waals surface area (Å²) in [6, 6.07) is 15.1. The molecule has 4 rings (SSSR count). The third-order valence-corrected chi connectivity index (χ3v) is 5.40. The van der Waals surface area contributed by atoms with Crippen LogP contribution in [0.4, 0.5) is 5.69 Å². The summed E-state index contributed by atoms with van der Waals surface area (Å²) in [7, 11) is 0. The molecular weight excluding hydrogens is 364 g/mol. The molecule has 1 saturated carbocycles. The Labute approximate surface area is 170 Å². The molecule has 6 nitrogen and oxygen atoms in total. The van der Waals surface area contributed by atoms with Crippen molar-refractivity contribution in [3.8, 4) is 0 Å². The highest BCUT2D eigenvalue weighted by molar-refractivity contribution is 5.97. The van der Waals surface area contributed by atoms with Gasteiger partial charge >= 0.3 is 0 Å². The lowest BCUT2D eigenvalue weighted by atomic mass is 10.1. The number of benzene rings is 2. The molecule has 0 bridgehead atoms. The summed E-state index contributed by atoms with van der Waals surface area (Å²) in [5.41, 5.74) is 3.87. The Balaban J connectivity index is 1.30. The van der Waals surface area contributed by atoms with Gasteiger partial charge in [-0.3, -0.25) is 9.59 Å². The molecule has 2 amide bonds. The first-order valence-corrected chi connectivity index (χ1v) is 10.2. The number of anilines is 1. The van der Waals surface area contributed by atoms with Crippen LogP contribution in [0.1, 0.15) is 44.0 Å². The number of carbonyl (C=O) groups is 2. The van der Waals surface area contributed by atoms with Crippen LogP contribution in [0.15, 0.2) is 48.5 Å². The van der Waals surface area contributed by atoms with Gasteiger partial charge in [-0.25, -0.2) is 4.98 Å². The largest absolute Gasteiger partial charge is 0.344 e. The lowest BCUT2D eigenvalue weighted by molar-refractivity contribution is -0.127. The number of rotatable bonds is 7. The number of hydrogen-bond acceptors (Lipinski definition) is 3. The molecule has 0 radical (unpaired) electrons. The van der Waals surface area contributed by atoms with Gasteiger partial charge < -0.3 is 15.6 Å². The molecule has 3 aromatic rings. The van der Waals surface area contributed by atoms with Crippen LogP contribution >= 0.6 is 0 Å². The summed E-state index contributed by atoms with van der Waals surface area (Å²) in [4.78, 5) is 32.9. The number of aromatic amines is 1.